The minimum atomic E-state index is 0. The van der Waals surface area contributed by atoms with Crippen LogP contribution in [0.3, 0.4) is 0 Å². The summed E-state index contributed by atoms with van der Waals surface area (Å²) in [6.07, 6.45) is 7.42. The zero-order valence-electron chi connectivity index (χ0n) is 22.4. The molecule has 0 N–H and O–H groups in total. The van der Waals surface area contributed by atoms with E-state index in [9.17, 15) is 0 Å². The fourth-order valence-corrected chi connectivity index (χ4v) is 3.50. The summed E-state index contributed by atoms with van der Waals surface area (Å²) in [5.74, 6) is 50.1. The van der Waals surface area contributed by atoms with Crippen LogP contribution in [0.4, 0.5) is 0 Å². The first-order valence-electron chi connectivity index (χ1n) is 11.5. The Morgan fingerprint density at radius 3 is 1.34 bits per heavy atom. The van der Waals surface area contributed by atoms with E-state index in [0.29, 0.717) is 5.75 Å². The van der Waals surface area contributed by atoms with E-state index in [2.05, 4.69) is 188 Å². The Hall–Kier alpha value is -5.64. The van der Waals surface area contributed by atoms with E-state index in [1.165, 1.54) is 16.7 Å². The smallest absolute Gasteiger partial charge is 0.141 e. The maximum absolute atomic E-state index is 5.27. The van der Waals surface area contributed by atoms with Crippen molar-refractivity contribution in [3.8, 4) is 137 Å². The van der Waals surface area contributed by atoms with Gasteiger partial charge >= 0.3 is 0 Å². The third-order valence-electron chi connectivity index (χ3n) is 3.87. The van der Waals surface area contributed by atoms with Crippen molar-refractivity contribution in [2.75, 3.05) is 0 Å². The molecule has 0 amide bonds. The molecule has 2 aromatic carbocycles. The van der Waals surface area contributed by atoms with E-state index in [0.717, 1.165) is 15.4 Å². The van der Waals surface area contributed by atoms with Gasteiger partial charge in [-0.2, -0.15) is 0 Å². The highest BCUT2D eigenvalue weighted by molar-refractivity contribution is 9.10. The highest BCUT2D eigenvalue weighted by atomic mass is 79.9. The molecular weight excluding hydrogens is 632 g/mol. The molecule has 0 radical (unpaired) electrons. The number of ether oxygens (including phenoxy) is 1. The van der Waals surface area contributed by atoms with Crippen LogP contribution in [-0.2, 0) is 5.33 Å². The third-order valence-corrected chi connectivity index (χ3v) is 4.97. The van der Waals surface area contributed by atoms with Crippen molar-refractivity contribution >= 4 is 31.9 Å². The lowest BCUT2D eigenvalue weighted by atomic mass is 10.1. The fourth-order valence-electron chi connectivity index (χ4n) is 2.59. The summed E-state index contributed by atoms with van der Waals surface area (Å²) in [6, 6.07) is 12.2. The van der Waals surface area contributed by atoms with Crippen LogP contribution in [-0.4, -0.2) is 0 Å². The molecular formula is C38H62Br2O. The zero-order chi connectivity index (χ0) is 30.0. The molecule has 3 heteroatoms. The Labute approximate surface area is 293 Å². The Bertz CT molecular complexity index is 1970. The van der Waals surface area contributed by atoms with Crippen LogP contribution in [0.2, 0.25) is 0 Å². The predicted octanol–water partition coefficient (Wildman–Crippen LogP) is 11.4. The second-order valence-corrected chi connectivity index (χ2v) is 8.79. The first kappa shape index (κ1) is 33.4. The third kappa shape index (κ3) is 19.1. The number of terminal acetylenes is 1. The number of hydrogen-bond acceptors (Lipinski definition) is 1. The van der Waals surface area contributed by atoms with Crippen LogP contribution in [0.15, 0.2) is 40.9 Å². The predicted molar refractivity (Wildman–Crippen MR) is 221 cm³/mol. The molecule has 0 bridgehead atoms. The van der Waals surface area contributed by atoms with Gasteiger partial charge in [-0.1, -0.05) is 61.2 Å². The van der Waals surface area contributed by atoms with Gasteiger partial charge < -0.3 is 4.74 Å². The molecule has 0 heterocycles. The molecule has 0 aromatic heterocycles. The van der Waals surface area contributed by atoms with Gasteiger partial charge in [-0.25, -0.2) is 0 Å². The Balaban J connectivity index is -0.0000000237. The van der Waals surface area contributed by atoms with Crippen LogP contribution >= 0.6 is 31.9 Å². The van der Waals surface area contributed by atoms with Crippen LogP contribution in [0.1, 0.15) is 53.6 Å². The number of alkyl halides is 1. The van der Waals surface area contributed by atoms with Gasteiger partial charge in [0.1, 0.15) is 11.9 Å². The molecule has 234 valence electrons. The fraction of sp³-hybridized carbons (Fsp3) is 0.105. The molecule has 0 fully saturated rings. The van der Waals surface area contributed by atoms with E-state index in [-0.39, 0.29) is 31.4 Å². The standard InChI is InChI=1S/C29H7BrO.C9H11Br.22H2/c1-3-4-5-6-7-8-9-10-11-12-13-14-15-16-17-18-19-20-21-22-23-31-29-25-27(2)24-28(30)26-29;1-7-3-8(2)5-9(4-7)6-10;;;;;;;;;;;;;;;;;;;;;;/h1,24-26H,2H3;3-5H,6H2,1-2H3;22*1H. The maximum Gasteiger partial charge on any atom is 0.141 e. The number of halogens is 2. The van der Waals surface area contributed by atoms with Gasteiger partial charge in [0.05, 0.1) is 0 Å². The normalized spacial score (nSPS) is 6.73. The lowest BCUT2D eigenvalue weighted by Crippen LogP contribution is -1.83. The Kier molecular flexibility index (Phi) is 18.2. The highest BCUT2D eigenvalue weighted by Crippen LogP contribution is 2.20. The lowest BCUT2D eigenvalue weighted by molar-refractivity contribution is 0.519. The van der Waals surface area contributed by atoms with Gasteiger partial charge in [0, 0.05) is 112 Å². The maximum atomic E-state index is 5.27. The summed E-state index contributed by atoms with van der Waals surface area (Å²) in [6.45, 7) is 6.21. The minimum absolute atomic E-state index is 0. The first-order valence-corrected chi connectivity index (χ1v) is 13.4. The number of aryl methyl sites for hydroxylation is 3. The van der Waals surface area contributed by atoms with Crippen molar-refractivity contribution in [3.05, 3.63) is 63.1 Å². The minimum Gasteiger partial charge on any atom is -0.407 e. The molecule has 41 heavy (non-hydrogen) atoms. The monoisotopic (exact) mass is 692 g/mol. The van der Waals surface area contributed by atoms with Crippen LogP contribution in [0.5, 0.6) is 5.75 Å². The molecule has 2 rings (SSSR count). The lowest BCUT2D eigenvalue weighted by Gasteiger charge is -1.99. The van der Waals surface area contributed by atoms with Crippen molar-refractivity contribution in [1.29, 1.82) is 0 Å². The Morgan fingerprint density at radius 2 is 0.951 bits per heavy atom. The van der Waals surface area contributed by atoms with Gasteiger partial charge in [0.25, 0.3) is 0 Å². The van der Waals surface area contributed by atoms with Crippen molar-refractivity contribution in [2.24, 2.45) is 0 Å². The average molecular weight is 695 g/mol. The molecule has 0 unspecified atom stereocenters. The largest absolute Gasteiger partial charge is 0.407 e. The summed E-state index contributed by atoms with van der Waals surface area (Å²) < 4.78 is 6.19. The van der Waals surface area contributed by atoms with Gasteiger partial charge in [0.15, 0.2) is 0 Å². The number of benzene rings is 2. The molecule has 1 nitrogen and oxygen atoms in total. The molecule has 0 saturated carbocycles. The number of rotatable bonds is 2. The second-order valence-electron chi connectivity index (χ2n) is 7.32. The molecule has 2 aromatic rings. The van der Waals surface area contributed by atoms with Crippen LogP contribution in [0.25, 0.3) is 0 Å². The van der Waals surface area contributed by atoms with Crippen molar-refractivity contribution in [3.63, 3.8) is 0 Å². The topological polar surface area (TPSA) is 9.23 Å². The van der Waals surface area contributed by atoms with Gasteiger partial charge in [0.2, 0.25) is 0 Å². The Morgan fingerprint density at radius 1 is 0.561 bits per heavy atom. The van der Waals surface area contributed by atoms with E-state index in [4.69, 9.17) is 11.2 Å². The SMILES string of the molecule is C#CC#CC#CC#CC#CC#CC#CC#CC#CC#CC#COc1cc(C)cc(Br)c1.Cc1cc(C)cc(CBr)c1.[HH].[HH].[HH].[HH].[HH].[HH].[HH].[HH].[HH].[HH].[HH].[HH].[HH].[HH].[HH].[HH].[HH].[HH].[HH].[HH].[HH].[HH]. The van der Waals surface area contributed by atoms with Crippen molar-refractivity contribution in [1.82, 2.24) is 0 Å². The van der Waals surface area contributed by atoms with Gasteiger partial charge in [-0.15, -0.1) is 6.42 Å². The summed E-state index contributed by atoms with van der Waals surface area (Å²) in [5, 5.41) is 0.954. The van der Waals surface area contributed by atoms with Crippen LogP contribution < -0.4 is 4.74 Å². The first-order chi connectivity index (χ1) is 19.9. The zero-order valence-corrected chi connectivity index (χ0v) is 25.6. The second kappa shape index (κ2) is 22.4. The van der Waals surface area contributed by atoms with Gasteiger partial charge in [-0.05, 0) is 97.5 Å². The van der Waals surface area contributed by atoms with E-state index in [1.54, 1.807) is 0 Å². The van der Waals surface area contributed by atoms with Crippen LogP contribution in [0, 0.1) is 152 Å². The van der Waals surface area contributed by atoms with E-state index < -0.39 is 0 Å². The van der Waals surface area contributed by atoms with E-state index in [1.807, 2.05) is 25.1 Å². The van der Waals surface area contributed by atoms with Crippen molar-refractivity contribution in [2.45, 2.75) is 26.1 Å². The molecule has 0 aliphatic rings. The molecule has 0 aliphatic heterocycles. The van der Waals surface area contributed by atoms with E-state index >= 15 is 0 Å². The number of hydrogen-bond donors (Lipinski definition) is 0. The quantitative estimate of drug-likeness (QED) is 0.225. The molecule has 0 aliphatic carbocycles. The molecule has 0 saturated heterocycles. The van der Waals surface area contributed by atoms with Crippen molar-refractivity contribution < 1.29 is 36.1 Å². The summed E-state index contributed by atoms with van der Waals surface area (Å²) in [7, 11) is 0. The molecule has 0 spiro atoms. The summed E-state index contributed by atoms with van der Waals surface area (Å²) in [4.78, 5) is 0. The highest BCUT2D eigenvalue weighted by Gasteiger charge is 1.95. The summed E-state index contributed by atoms with van der Waals surface area (Å²) in [5.41, 5.74) is 5.10. The average Bonchev–Trinajstić information content (AvgIpc) is 2.93. The molecule has 0 atom stereocenters. The van der Waals surface area contributed by atoms with Gasteiger partial charge in [-0.3, -0.25) is 0 Å². The summed E-state index contributed by atoms with van der Waals surface area (Å²) >= 11 is 6.81.